The minimum absolute atomic E-state index is 0.0624. The largest absolute Gasteiger partial charge is 0.484 e. The van der Waals surface area contributed by atoms with Gasteiger partial charge in [0.15, 0.2) is 6.61 Å². The fourth-order valence-electron chi connectivity index (χ4n) is 1.54. The summed E-state index contributed by atoms with van der Waals surface area (Å²) < 4.78 is 6.51. The molecule has 2 rings (SSSR count). The molecule has 1 N–H and O–H groups in total. The highest BCUT2D eigenvalue weighted by molar-refractivity contribution is 14.1. The Hall–Kier alpha value is -1.89. The van der Waals surface area contributed by atoms with Crippen LogP contribution in [0.15, 0.2) is 53.6 Å². The van der Waals surface area contributed by atoms with Gasteiger partial charge in [0.1, 0.15) is 5.75 Å². The Kier molecular flexibility index (Phi) is 5.74. The molecule has 5 heteroatoms. The zero-order chi connectivity index (χ0) is 15.1. The molecule has 0 saturated heterocycles. The maximum absolute atomic E-state index is 11.6. The lowest BCUT2D eigenvalue weighted by Crippen LogP contribution is -2.24. The molecule has 0 aromatic heterocycles. The molecule has 21 heavy (non-hydrogen) atoms. The second-order valence-electron chi connectivity index (χ2n) is 4.45. The van der Waals surface area contributed by atoms with E-state index in [0.717, 1.165) is 14.7 Å². The first-order valence-corrected chi connectivity index (χ1v) is 7.48. The third-order valence-corrected chi connectivity index (χ3v) is 3.38. The molecule has 0 aliphatic carbocycles. The van der Waals surface area contributed by atoms with Crippen LogP contribution in [0, 0.1) is 10.5 Å². The van der Waals surface area contributed by atoms with Crippen LogP contribution in [0.1, 0.15) is 11.1 Å². The van der Waals surface area contributed by atoms with Gasteiger partial charge in [-0.2, -0.15) is 5.10 Å². The highest BCUT2D eigenvalue weighted by Gasteiger charge is 2.00. The molecule has 2 aromatic rings. The first-order valence-electron chi connectivity index (χ1n) is 6.40. The van der Waals surface area contributed by atoms with E-state index in [2.05, 4.69) is 33.1 Å². The Morgan fingerprint density at radius 3 is 2.52 bits per heavy atom. The van der Waals surface area contributed by atoms with Crippen molar-refractivity contribution in [1.29, 1.82) is 0 Å². The van der Waals surface area contributed by atoms with Crippen LogP contribution in [0.4, 0.5) is 0 Å². The quantitative estimate of drug-likeness (QED) is 0.481. The van der Waals surface area contributed by atoms with Gasteiger partial charge in [-0.05, 0) is 59.3 Å². The van der Waals surface area contributed by atoms with E-state index < -0.39 is 0 Å². The van der Waals surface area contributed by atoms with Crippen molar-refractivity contribution >= 4 is 34.7 Å². The van der Waals surface area contributed by atoms with E-state index >= 15 is 0 Å². The maximum atomic E-state index is 11.6. The first-order chi connectivity index (χ1) is 10.1. The summed E-state index contributed by atoms with van der Waals surface area (Å²) in [7, 11) is 0. The SMILES string of the molecule is Cc1ccc(OCC(=O)NN=Cc2ccc(I)cc2)cc1. The van der Waals surface area contributed by atoms with Gasteiger partial charge in [-0.3, -0.25) is 4.79 Å². The van der Waals surface area contributed by atoms with E-state index in [1.54, 1.807) is 6.21 Å². The van der Waals surface area contributed by atoms with Crippen molar-refractivity contribution in [3.05, 3.63) is 63.2 Å². The van der Waals surface area contributed by atoms with Gasteiger partial charge in [0, 0.05) is 3.57 Å². The normalized spacial score (nSPS) is 10.6. The number of carbonyl (C=O) groups excluding carboxylic acids is 1. The highest BCUT2D eigenvalue weighted by Crippen LogP contribution is 2.10. The summed E-state index contributed by atoms with van der Waals surface area (Å²) in [6.07, 6.45) is 1.60. The number of hydrogen-bond acceptors (Lipinski definition) is 3. The third-order valence-electron chi connectivity index (χ3n) is 2.66. The van der Waals surface area contributed by atoms with E-state index in [9.17, 15) is 4.79 Å². The number of nitrogens with one attached hydrogen (secondary N) is 1. The van der Waals surface area contributed by atoms with Crippen LogP contribution in [0.5, 0.6) is 5.75 Å². The fourth-order valence-corrected chi connectivity index (χ4v) is 1.90. The van der Waals surface area contributed by atoms with Crippen molar-refractivity contribution in [2.45, 2.75) is 6.92 Å². The van der Waals surface area contributed by atoms with Gasteiger partial charge < -0.3 is 4.74 Å². The van der Waals surface area contributed by atoms with E-state index in [1.807, 2.05) is 55.5 Å². The van der Waals surface area contributed by atoms with Crippen LogP contribution >= 0.6 is 22.6 Å². The smallest absolute Gasteiger partial charge is 0.277 e. The number of rotatable bonds is 5. The zero-order valence-electron chi connectivity index (χ0n) is 11.5. The molecular formula is C16H15IN2O2. The first kappa shape index (κ1) is 15.5. The van der Waals surface area contributed by atoms with Gasteiger partial charge in [-0.1, -0.05) is 29.8 Å². The van der Waals surface area contributed by atoms with Crippen LogP contribution in [0.3, 0.4) is 0 Å². The van der Waals surface area contributed by atoms with E-state index in [0.29, 0.717) is 5.75 Å². The number of ether oxygens (including phenoxy) is 1. The molecule has 108 valence electrons. The van der Waals surface area contributed by atoms with Crippen LogP contribution in [0.2, 0.25) is 0 Å². The highest BCUT2D eigenvalue weighted by atomic mass is 127. The number of hydrogen-bond donors (Lipinski definition) is 1. The summed E-state index contributed by atoms with van der Waals surface area (Å²) in [6.45, 7) is 1.93. The molecule has 2 aromatic carbocycles. The van der Waals surface area contributed by atoms with Crippen molar-refractivity contribution in [1.82, 2.24) is 5.43 Å². The average molecular weight is 394 g/mol. The number of aryl methyl sites for hydroxylation is 1. The number of benzene rings is 2. The fraction of sp³-hybridized carbons (Fsp3) is 0.125. The van der Waals surface area contributed by atoms with E-state index in [4.69, 9.17) is 4.74 Å². The zero-order valence-corrected chi connectivity index (χ0v) is 13.7. The topological polar surface area (TPSA) is 50.7 Å². The molecule has 0 saturated carbocycles. The third kappa shape index (κ3) is 5.55. The minimum Gasteiger partial charge on any atom is -0.484 e. The number of hydrazone groups is 1. The second kappa shape index (κ2) is 7.78. The van der Waals surface area contributed by atoms with Gasteiger partial charge in [-0.25, -0.2) is 5.43 Å². The molecule has 0 bridgehead atoms. The summed E-state index contributed by atoms with van der Waals surface area (Å²) in [4.78, 5) is 11.6. The van der Waals surface area contributed by atoms with Crippen molar-refractivity contribution in [2.75, 3.05) is 6.61 Å². The van der Waals surface area contributed by atoms with Gasteiger partial charge in [-0.15, -0.1) is 0 Å². The summed E-state index contributed by atoms with van der Waals surface area (Å²) >= 11 is 2.23. The number of amides is 1. The van der Waals surface area contributed by atoms with Crippen LogP contribution in [-0.2, 0) is 4.79 Å². The minimum atomic E-state index is -0.294. The van der Waals surface area contributed by atoms with Crippen molar-refractivity contribution in [3.63, 3.8) is 0 Å². The molecular weight excluding hydrogens is 379 g/mol. The molecule has 0 fully saturated rings. The molecule has 4 nitrogen and oxygen atoms in total. The lowest BCUT2D eigenvalue weighted by molar-refractivity contribution is -0.123. The Labute approximate surface area is 137 Å². The monoisotopic (exact) mass is 394 g/mol. The average Bonchev–Trinajstić information content (AvgIpc) is 2.49. The summed E-state index contributed by atoms with van der Waals surface area (Å²) in [5.74, 6) is 0.370. The molecule has 0 aliphatic heterocycles. The summed E-state index contributed by atoms with van der Waals surface area (Å²) in [5, 5.41) is 3.89. The summed E-state index contributed by atoms with van der Waals surface area (Å²) in [5.41, 5.74) is 4.50. The van der Waals surface area contributed by atoms with Crippen molar-refractivity contribution in [2.24, 2.45) is 5.10 Å². The summed E-state index contributed by atoms with van der Waals surface area (Å²) in [6, 6.07) is 15.3. The Bertz CT molecular complexity index is 622. The van der Waals surface area contributed by atoms with Crippen molar-refractivity contribution < 1.29 is 9.53 Å². The lowest BCUT2D eigenvalue weighted by atomic mass is 10.2. The molecule has 0 heterocycles. The predicted octanol–water partition coefficient (Wildman–Crippen LogP) is 3.13. The molecule has 0 atom stereocenters. The number of nitrogens with zero attached hydrogens (tertiary/aromatic N) is 1. The standard InChI is InChI=1S/C16H15IN2O2/c1-12-2-8-15(9-3-12)21-11-16(20)19-18-10-13-4-6-14(17)7-5-13/h2-10H,11H2,1H3,(H,19,20). The molecule has 0 spiro atoms. The Morgan fingerprint density at radius 1 is 1.19 bits per heavy atom. The van der Waals surface area contributed by atoms with Gasteiger partial charge in [0.05, 0.1) is 6.21 Å². The van der Waals surface area contributed by atoms with Crippen LogP contribution in [-0.4, -0.2) is 18.7 Å². The van der Waals surface area contributed by atoms with E-state index in [-0.39, 0.29) is 12.5 Å². The van der Waals surface area contributed by atoms with Crippen molar-refractivity contribution in [3.8, 4) is 5.75 Å². The molecule has 0 unspecified atom stereocenters. The van der Waals surface area contributed by atoms with Gasteiger partial charge in [0.25, 0.3) is 5.91 Å². The van der Waals surface area contributed by atoms with Gasteiger partial charge in [0.2, 0.25) is 0 Å². The number of halogens is 1. The second-order valence-corrected chi connectivity index (χ2v) is 5.69. The Morgan fingerprint density at radius 2 is 1.86 bits per heavy atom. The van der Waals surface area contributed by atoms with Crippen LogP contribution in [0.25, 0.3) is 0 Å². The molecule has 0 radical (unpaired) electrons. The number of carbonyl (C=O) groups is 1. The van der Waals surface area contributed by atoms with E-state index in [1.165, 1.54) is 0 Å². The Balaban J connectivity index is 1.77. The molecule has 0 aliphatic rings. The lowest BCUT2D eigenvalue weighted by Gasteiger charge is -2.04. The molecule has 1 amide bonds. The van der Waals surface area contributed by atoms with Gasteiger partial charge >= 0.3 is 0 Å². The predicted molar refractivity (Wildman–Crippen MR) is 91.6 cm³/mol. The maximum Gasteiger partial charge on any atom is 0.277 e. The van der Waals surface area contributed by atoms with Crippen LogP contribution < -0.4 is 10.2 Å².